The molecule has 19 heavy (non-hydrogen) atoms. The summed E-state index contributed by atoms with van der Waals surface area (Å²) in [6.07, 6.45) is 3.29. The normalized spacial score (nSPS) is 22.1. The Kier molecular flexibility index (Phi) is 4.30. The molecule has 1 aromatic carbocycles. The quantitative estimate of drug-likeness (QED) is 0.908. The Morgan fingerprint density at radius 2 is 2.05 bits per heavy atom. The monoisotopic (exact) mass is 263 g/mol. The first-order chi connectivity index (χ1) is 9.15. The molecule has 1 aliphatic rings. The van der Waals surface area contributed by atoms with Crippen molar-refractivity contribution in [2.24, 2.45) is 5.92 Å². The lowest BCUT2D eigenvalue weighted by Gasteiger charge is -2.15. The number of para-hydroxylation sites is 1. The van der Waals surface area contributed by atoms with Gasteiger partial charge in [0, 0.05) is 6.04 Å². The first-order valence-corrected chi connectivity index (χ1v) is 6.67. The number of hydrogen-bond donors (Lipinski definition) is 1. The molecule has 1 aliphatic carbocycles. The molecule has 2 unspecified atom stereocenters. The van der Waals surface area contributed by atoms with Crippen LogP contribution in [0.1, 0.15) is 36.5 Å². The van der Waals surface area contributed by atoms with E-state index in [4.69, 9.17) is 9.47 Å². The topological polar surface area (TPSA) is 47.6 Å². The van der Waals surface area contributed by atoms with Gasteiger partial charge in [-0.25, -0.2) is 0 Å². The van der Waals surface area contributed by atoms with E-state index in [1.165, 1.54) is 6.42 Å². The number of amides is 1. The predicted molar refractivity (Wildman–Crippen MR) is 73.8 cm³/mol. The van der Waals surface area contributed by atoms with E-state index in [-0.39, 0.29) is 11.9 Å². The fourth-order valence-electron chi connectivity index (χ4n) is 2.67. The fourth-order valence-corrected chi connectivity index (χ4v) is 2.67. The van der Waals surface area contributed by atoms with Crippen LogP contribution in [0.4, 0.5) is 0 Å². The van der Waals surface area contributed by atoms with Crippen molar-refractivity contribution in [1.29, 1.82) is 0 Å². The predicted octanol–water partition coefficient (Wildman–Crippen LogP) is 2.62. The minimum atomic E-state index is -0.0881. The molecule has 0 radical (unpaired) electrons. The highest BCUT2D eigenvalue weighted by atomic mass is 16.5. The van der Waals surface area contributed by atoms with Gasteiger partial charge in [-0.3, -0.25) is 4.79 Å². The van der Waals surface area contributed by atoms with Gasteiger partial charge in [0.15, 0.2) is 11.5 Å². The Bertz CT molecular complexity index is 459. The number of benzene rings is 1. The molecule has 104 valence electrons. The molecule has 0 aromatic heterocycles. The van der Waals surface area contributed by atoms with Gasteiger partial charge in [0.2, 0.25) is 0 Å². The maximum Gasteiger partial charge on any atom is 0.255 e. The summed E-state index contributed by atoms with van der Waals surface area (Å²) in [7, 11) is 3.12. The highest BCUT2D eigenvalue weighted by Crippen LogP contribution is 2.31. The average molecular weight is 263 g/mol. The Labute approximate surface area is 114 Å². The minimum Gasteiger partial charge on any atom is -0.493 e. The summed E-state index contributed by atoms with van der Waals surface area (Å²) in [5, 5.41) is 3.08. The van der Waals surface area contributed by atoms with Gasteiger partial charge in [0.1, 0.15) is 0 Å². The molecule has 0 spiro atoms. The molecule has 0 bridgehead atoms. The van der Waals surface area contributed by atoms with Gasteiger partial charge < -0.3 is 14.8 Å². The Morgan fingerprint density at radius 1 is 1.26 bits per heavy atom. The molecular formula is C15H21NO3. The van der Waals surface area contributed by atoms with Crippen molar-refractivity contribution >= 4 is 5.91 Å². The molecule has 0 aliphatic heterocycles. The number of carbonyl (C=O) groups is 1. The second kappa shape index (κ2) is 5.95. The van der Waals surface area contributed by atoms with Crippen LogP contribution in [0.15, 0.2) is 18.2 Å². The van der Waals surface area contributed by atoms with E-state index in [0.717, 1.165) is 12.8 Å². The van der Waals surface area contributed by atoms with Crippen LogP contribution >= 0.6 is 0 Å². The van der Waals surface area contributed by atoms with Crippen LogP contribution in [0.5, 0.6) is 11.5 Å². The Morgan fingerprint density at radius 3 is 2.63 bits per heavy atom. The van der Waals surface area contributed by atoms with E-state index >= 15 is 0 Å². The van der Waals surface area contributed by atoms with Gasteiger partial charge in [-0.15, -0.1) is 0 Å². The number of rotatable bonds is 4. The average Bonchev–Trinajstić information content (AvgIpc) is 2.82. The van der Waals surface area contributed by atoms with Gasteiger partial charge in [-0.2, -0.15) is 0 Å². The molecule has 4 nitrogen and oxygen atoms in total. The molecule has 0 heterocycles. The Balaban J connectivity index is 2.14. The van der Waals surface area contributed by atoms with Gasteiger partial charge >= 0.3 is 0 Å². The van der Waals surface area contributed by atoms with Crippen LogP contribution in [0.2, 0.25) is 0 Å². The second-order valence-electron chi connectivity index (χ2n) is 5.13. The zero-order chi connectivity index (χ0) is 13.8. The van der Waals surface area contributed by atoms with E-state index in [9.17, 15) is 4.79 Å². The summed E-state index contributed by atoms with van der Waals surface area (Å²) in [5.74, 6) is 1.68. The van der Waals surface area contributed by atoms with Crippen molar-refractivity contribution in [1.82, 2.24) is 5.32 Å². The highest BCUT2D eigenvalue weighted by molar-refractivity contribution is 5.98. The third-order valence-electron chi connectivity index (χ3n) is 3.68. The van der Waals surface area contributed by atoms with Gasteiger partial charge in [-0.1, -0.05) is 13.0 Å². The van der Waals surface area contributed by atoms with Crippen LogP contribution < -0.4 is 14.8 Å². The van der Waals surface area contributed by atoms with Crippen molar-refractivity contribution < 1.29 is 14.3 Å². The van der Waals surface area contributed by atoms with E-state index in [0.29, 0.717) is 23.0 Å². The van der Waals surface area contributed by atoms with E-state index in [2.05, 4.69) is 12.2 Å². The molecule has 1 saturated carbocycles. The summed E-state index contributed by atoms with van der Waals surface area (Å²) >= 11 is 0. The molecule has 1 amide bonds. The summed E-state index contributed by atoms with van der Waals surface area (Å²) in [6.45, 7) is 2.22. The van der Waals surface area contributed by atoms with Crippen molar-refractivity contribution in [3.63, 3.8) is 0 Å². The summed E-state index contributed by atoms with van der Waals surface area (Å²) < 4.78 is 10.5. The van der Waals surface area contributed by atoms with E-state index in [1.54, 1.807) is 32.4 Å². The van der Waals surface area contributed by atoms with Gasteiger partial charge in [-0.05, 0) is 37.3 Å². The first kappa shape index (κ1) is 13.7. The molecule has 1 aromatic rings. The highest BCUT2D eigenvalue weighted by Gasteiger charge is 2.24. The van der Waals surface area contributed by atoms with Crippen molar-refractivity contribution in [2.75, 3.05) is 14.2 Å². The van der Waals surface area contributed by atoms with Crippen LogP contribution in [0.3, 0.4) is 0 Å². The largest absolute Gasteiger partial charge is 0.493 e. The van der Waals surface area contributed by atoms with Crippen molar-refractivity contribution in [3.8, 4) is 11.5 Å². The zero-order valence-corrected chi connectivity index (χ0v) is 11.7. The number of ether oxygens (including phenoxy) is 2. The standard InChI is InChI=1S/C15H21NO3/c1-10-7-8-11(9-10)16-15(17)12-5-4-6-13(18-2)14(12)19-3/h4-6,10-11H,7-9H2,1-3H3,(H,16,17). The van der Waals surface area contributed by atoms with Crippen LogP contribution in [0.25, 0.3) is 0 Å². The van der Waals surface area contributed by atoms with E-state index < -0.39 is 0 Å². The van der Waals surface area contributed by atoms with Crippen LogP contribution in [0, 0.1) is 5.92 Å². The van der Waals surface area contributed by atoms with Crippen molar-refractivity contribution in [2.45, 2.75) is 32.2 Å². The number of hydrogen-bond acceptors (Lipinski definition) is 3. The molecular weight excluding hydrogens is 242 g/mol. The second-order valence-corrected chi connectivity index (χ2v) is 5.13. The fraction of sp³-hybridized carbons (Fsp3) is 0.533. The number of methoxy groups -OCH3 is 2. The maximum absolute atomic E-state index is 12.3. The molecule has 2 rings (SSSR count). The molecule has 0 saturated heterocycles. The third-order valence-corrected chi connectivity index (χ3v) is 3.68. The minimum absolute atomic E-state index is 0.0881. The molecule has 4 heteroatoms. The molecule has 1 fully saturated rings. The lowest BCUT2D eigenvalue weighted by atomic mass is 10.1. The van der Waals surface area contributed by atoms with Crippen LogP contribution in [-0.2, 0) is 0 Å². The van der Waals surface area contributed by atoms with Crippen LogP contribution in [-0.4, -0.2) is 26.2 Å². The number of nitrogens with one attached hydrogen (secondary N) is 1. The Hall–Kier alpha value is -1.71. The lowest BCUT2D eigenvalue weighted by molar-refractivity contribution is 0.0933. The van der Waals surface area contributed by atoms with Crippen molar-refractivity contribution in [3.05, 3.63) is 23.8 Å². The smallest absolute Gasteiger partial charge is 0.255 e. The summed E-state index contributed by atoms with van der Waals surface area (Å²) in [5.41, 5.74) is 0.529. The zero-order valence-electron chi connectivity index (χ0n) is 11.7. The molecule has 1 N–H and O–H groups in total. The maximum atomic E-state index is 12.3. The lowest BCUT2D eigenvalue weighted by Crippen LogP contribution is -2.33. The summed E-state index contributed by atoms with van der Waals surface area (Å²) in [4.78, 5) is 12.3. The number of carbonyl (C=O) groups excluding carboxylic acids is 1. The van der Waals surface area contributed by atoms with Gasteiger partial charge in [0.25, 0.3) is 5.91 Å². The summed E-state index contributed by atoms with van der Waals surface area (Å²) in [6, 6.07) is 5.62. The molecule has 2 atom stereocenters. The van der Waals surface area contributed by atoms with Gasteiger partial charge in [0.05, 0.1) is 19.8 Å². The first-order valence-electron chi connectivity index (χ1n) is 6.67. The van der Waals surface area contributed by atoms with E-state index in [1.807, 2.05) is 0 Å². The third kappa shape index (κ3) is 3.00. The SMILES string of the molecule is COc1cccc(C(=O)NC2CCC(C)C2)c1OC.